The first-order valence-electron chi connectivity index (χ1n) is 19.6. The third-order valence-electron chi connectivity index (χ3n) is 10.00. The number of ether oxygens (including phenoxy) is 2. The summed E-state index contributed by atoms with van der Waals surface area (Å²) >= 11 is 0. The maximum Gasteiger partial charge on any atom is 0.311 e. The van der Waals surface area contributed by atoms with Crippen LogP contribution in [-0.4, -0.2) is 37.1 Å². The zero-order valence-corrected chi connectivity index (χ0v) is 34.6. The van der Waals surface area contributed by atoms with Crippen LogP contribution in [0.5, 0.6) is 11.5 Å². The quantitative estimate of drug-likeness (QED) is 0.0684. The lowest BCUT2D eigenvalue weighted by atomic mass is 9.63. The van der Waals surface area contributed by atoms with Gasteiger partial charge in [0.25, 0.3) is 0 Å². The van der Waals surface area contributed by atoms with Crippen molar-refractivity contribution in [1.29, 1.82) is 0 Å². The lowest BCUT2D eigenvalue weighted by Gasteiger charge is -2.42. The summed E-state index contributed by atoms with van der Waals surface area (Å²) in [5.41, 5.74) is 2.79. The molecule has 292 valence electrons. The number of furan rings is 2. The van der Waals surface area contributed by atoms with E-state index >= 15 is 0 Å². The first-order chi connectivity index (χ1) is 24.7. The molecule has 2 atom stereocenters. The maximum atomic E-state index is 13.5. The fourth-order valence-electron chi connectivity index (χ4n) is 9.45. The Morgan fingerprint density at radius 3 is 1.32 bits per heavy atom. The molecule has 0 aliphatic carbocycles. The SMILES string of the molecule is CCNC(C)Cc1coc2cccc(OC(=O)CC(C)(C)CC(C)(C)CC(C)(C)CC(C)(C)CC(=O)Oc3cccc4occ(CC(C)NCC)c34)c12. The molecule has 0 amide bonds. The molecule has 0 radical (unpaired) electrons. The van der Waals surface area contributed by atoms with Gasteiger partial charge < -0.3 is 28.9 Å². The number of hydrogen-bond donors (Lipinski definition) is 2. The van der Waals surface area contributed by atoms with E-state index in [4.69, 9.17) is 18.3 Å². The molecule has 0 saturated heterocycles. The van der Waals surface area contributed by atoms with Gasteiger partial charge >= 0.3 is 11.9 Å². The number of esters is 2. The average molecular weight is 731 g/mol. The third-order valence-corrected chi connectivity index (χ3v) is 10.00. The summed E-state index contributed by atoms with van der Waals surface area (Å²) in [6, 6.07) is 11.8. The van der Waals surface area contributed by atoms with Gasteiger partial charge in [0.15, 0.2) is 0 Å². The fourth-order valence-corrected chi connectivity index (χ4v) is 9.45. The highest BCUT2D eigenvalue weighted by Crippen LogP contribution is 2.48. The Morgan fingerprint density at radius 1 is 0.604 bits per heavy atom. The molecule has 4 rings (SSSR count). The van der Waals surface area contributed by atoms with Gasteiger partial charge in [-0.05, 0) is 105 Å². The summed E-state index contributed by atoms with van der Waals surface area (Å²) in [6.45, 7) is 28.0. The van der Waals surface area contributed by atoms with Gasteiger partial charge in [0.05, 0.1) is 36.1 Å². The Balaban J connectivity index is 1.35. The second kappa shape index (κ2) is 17.2. The number of hydrogen-bond acceptors (Lipinski definition) is 8. The lowest BCUT2D eigenvalue weighted by Crippen LogP contribution is -2.33. The molecule has 8 heteroatoms. The molecular formula is C45H66N2O6. The van der Waals surface area contributed by atoms with Crippen LogP contribution in [0.3, 0.4) is 0 Å². The number of rotatable bonds is 20. The van der Waals surface area contributed by atoms with Gasteiger partial charge in [-0.1, -0.05) is 81.4 Å². The summed E-state index contributed by atoms with van der Waals surface area (Å²) in [5, 5.41) is 8.63. The minimum absolute atomic E-state index is 0.0683. The molecule has 2 aromatic heterocycles. The van der Waals surface area contributed by atoms with E-state index in [-0.39, 0.29) is 45.7 Å². The van der Waals surface area contributed by atoms with Crippen LogP contribution in [0, 0.1) is 21.7 Å². The Hall–Kier alpha value is -3.62. The second-order valence-electron chi connectivity index (χ2n) is 18.6. The zero-order chi connectivity index (χ0) is 39.2. The molecule has 0 saturated carbocycles. The highest BCUT2D eigenvalue weighted by molar-refractivity contribution is 5.91. The van der Waals surface area contributed by atoms with Crippen molar-refractivity contribution in [3.63, 3.8) is 0 Å². The molecule has 0 aliphatic heterocycles. The average Bonchev–Trinajstić information content (AvgIpc) is 3.59. The minimum atomic E-state index is -0.292. The molecule has 0 spiro atoms. The molecule has 2 aromatic carbocycles. The molecule has 2 heterocycles. The van der Waals surface area contributed by atoms with Gasteiger partial charge in [-0.2, -0.15) is 0 Å². The van der Waals surface area contributed by atoms with Crippen molar-refractivity contribution in [2.75, 3.05) is 13.1 Å². The van der Waals surface area contributed by atoms with Crippen LogP contribution in [0.2, 0.25) is 0 Å². The van der Waals surface area contributed by atoms with E-state index in [1.807, 2.05) is 36.4 Å². The van der Waals surface area contributed by atoms with Crippen molar-refractivity contribution in [3.05, 3.63) is 60.1 Å². The second-order valence-corrected chi connectivity index (χ2v) is 18.6. The molecule has 4 aromatic rings. The third kappa shape index (κ3) is 12.2. The summed E-state index contributed by atoms with van der Waals surface area (Å²) in [6.07, 6.45) is 8.32. The van der Waals surface area contributed by atoms with Crippen LogP contribution in [0.15, 0.2) is 57.8 Å². The van der Waals surface area contributed by atoms with Crippen LogP contribution < -0.4 is 20.1 Å². The van der Waals surface area contributed by atoms with E-state index < -0.39 is 0 Å². The fraction of sp³-hybridized carbons (Fsp3) is 0.600. The van der Waals surface area contributed by atoms with Gasteiger partial charge in [0.1, 0.15) is 22.7 Å². The first kappa shape index (κ1) is 42.1. The van der Waals surface area contributed by atoms with E-state index in [0.29, 0.717) is 24.3 Å². The van der Waals surface area contributed by atoms with Crippen LogP contribution in [0.4, 0.5) is 0 Å². The predicted octanol–water partition coefficient (Wildman–Crippen LogP) is 10.8. The monoisotopic (exact) mass is 730 g/mol. The van der Waals surface area contributed by atoms with Crippen LogP contribution in [0.25, 0.3) is 21.9 Å². The molecule has 2 N–H and O–H groups in total. The number of carbonyl (C=O) groups excluding carboxylic acids is 2. The van der Waals surface area contributed by atoms with Gasteiger partial charge in [-0.15, -0.1) is 0 Å². The topological polar surface area (TPSA) is 103 Å². The van der Waals surface area contributed by atoms with Crippen LogP contribution in [0.1, 0.15) is 126 Å². The number of nitrogens with one attached hydrogen (secondary N) is 2. The summed E-state index contributed by atoms with van der Waals surface area (Å²) in [4.78, 5) is 26.9. The van der Waals surface area contributed by atoms with Crippen molar-refractivity contribution in [1.82, 2.24) is 10.6 Å². The van der Waals surface area contributed by atoms with Gasteiger partial charge in [-0.3, -0.25) is 9.59 Å². The largest absolute Gasteiger partial charge is 0.464 e. The van der Waals surface area contributed by atoms with Gasteiger partial charge in [-0.25, -0.2) is 0 Å². The van der Waals surface area contributed by atoms with Crippen molar-refractivity contribution >= 4 is 33.9 Å². The molecule has 53 heavy (non-hydrogen) atoms. The molecule has 8 nitrogen and oxygen atoms in total. The predicted molar refractivity (Wildman–Crippen MR) is 216 cm³/mol. The van der Waals surface area contributed by atoms with Crippen molar-refractivity contribution < 1.29 is 27.9 Å². The van der Waals surface area contributed by atoms with E-state index in [9.17, 15) is 9.59 Å². The zero-order valence-electron chi connectivity index (χ0n) is 34.6. The van der Waals surface area contributed by atoms with E-state index in [1.54, 1.807) is 12.5 Å². The Labute approximate surface area is 318 Å². The molecule has 0 bridgehead atoms. The maximum absolute atomic E-state index is 13.5. The smallest absolute Gasteiger partial charge is 0.311 e. The molecule has 0 aliphatic rings. The van der Waals surface area contributed by atoms with Gasteiger partial charge in [0, 0.05) is 23.2 Å². The minimum Gasteiger partial charge on any atom is -0.464 e. The molecule has 2 unspecified atom stereocenters. The molecular weight excluding hydrogens is 665 g/mol. The number of benzene rings is 2. The van der Waals surface area contributed by atoms with Crippen molar-refractivity contribution in [3.8, 4) is 11.5 Å². The van der Waals surface area contributed by atoms with E-state index in [0.717, 1.165) is 78.3 Å². The van der Waals surface area contributed by atoms with Crippen molar-refractivity contribution in [2.24, 2.45) is 21.7 Å². The summed E-state index contributed by atoms with van der Waals surface area (Å²) in [5.74, 6) is 0.624. The van der Waals surface area contributed by atoms with E-state index in [2.05, 4.69) is 93.7 Å². The Bertz CT molecular complexity index is 1690. The number of fused-ring (bicyclic) bond motifs is 2. The number of likely N-dealkylation sites (N-methyl/N-ethyl adjacent to an activating group) is 2. The Morgan fingerprint density at radius 2 is 0.962 bits per heavy atom. The highest BCUT2D eigenvalue weighted by atomic mass is 16.5. The highest BCUT2D eigenvalue weighted by Gasteiger charge is 2.39. The summed E-state index contributed by atoms with van der Waals surface area (Å²) in [7, 11) is 0. The van der Waals surface area contributed by atoms with Crippen molar-refractivity contribution in [2.45, 2.75) is 140 Å². The lowest BCUT2D eigenvalue weighted by molar-refractivity contribution is -0.137. The van der Waals surface area contributed by atoms with Crippen LogP contribution >= 0.6 is 0 Å². The Kier molecular flexibility index (Phi) is 13.7. The first-order valence-corrected chi connectivity index (χ1v) is 19.6. The summed E-state index contributed by atoms with van der Waals surface area (Å²) < 4.78 is 23.8. The van der Waals surface area contributed by atoms with E-state index in [1.165, 1.54) is 0 Å². The molecule has 0 fully saturated rings. The standard InChI is InChI=1S/C45H66N2O6/c1-13-46-30(3)21-32-25-50-34-17-15-19-36(40(32)34)52-38(48)23-42(5,6)27-44(9,10)29-45(11,12)28-43(7,8)24-39(49)53-37-20-16-18-35-41(37)33(26-51-35)22-31(4)47-14-2/h15-20,25-26,30-31,46-47H,13-14,21-24,27-29H2,1-12H3. The normalized spacial score (nSPS) is 14.1. The van der Waals surface area contributed by atoms with Gasteiger partial charge in [0.2, 0.25) is 0 Å². The number of carbonyl (C=O) groups is 2. The van der Waals surface area contributed by atoms with Crippen LogP contribution in [-0.2, 0) is 22.4 Å².